The van der Waals surface area contributed by atoms with Gasteiger partial charge in [-0.1, -0.05) is 25.6 Å². The van der Waals surface area contributed by atoms with Crippen molar-refractivity contribution in [2.75, 3.05) is 6.54 Å². The molecule has 18 heavy (non-hydrogen) atoms. The summed E-state index contributed by atoms with van der Waals surface area (Å²) in [5, 5.41) is 4.94. The molecule has 0 saturated carbocycles. The van der Waals surface area contributed by atoms with Gasteiger partial charge in [-0.2, -0.15) is 0 Å². The van der Waals surface area contributed by atoms with Gasteiger partial charge in [0, 0.05) is 28.7 Å². The Morgan fingerprint density at radius 2 is 1.83 bits per heavy atom. The molecule has 0 aliphatic heterocycles. The molecular weight excluding hydrogens is 242 g/mol. The molecule has 1 aromatic rings. The molecule has 0 saturated heterocycles. The number of nitrogens with one attached hydrogen (secondary N) is 1. The van der Waals surface area contributed by atoms with Gasteiger partial charge in [0.05, 0.1) is 0 Å². The van der Waals surface area contributed by atoms with Crippen molar-refractivity contribution in [3.63, 3.8) is 0 Å². The second kappa shape index (κ2) is 6.53. The average molecular weight is 267 g/mol. The summed E-state index contributed by atoms with van der Waals surface area (Å²) in [5.74, 6) is 0. The lowest BCUT2D eigenvalue weighted by Gasteiger charge is -2.26. The smallest absolute Gasteiger partial charge is 0.188 e. The molecule has 0 bridgehead atoms. The van der Waals surface area contributed by atoms with E-state index in [4.69, 9.17) is 0 Å². The zero-order valence-corrected chi connectivity index (χ0v) is 13.2. The maximum absolute atomic E-state index is 4.46. The van der Waals surface area contributed by atoms with Gasteiger partial charge < -0.3 is 5.32 Å². The summed E-state index contributed by atoms with van der Waals surface area (Å²) in [6, 6.07) is 2.01. The van der Waals surface area contributed by atoms with Gasteiger partial charge in [-0.3, -0.25) is 0 Å². The normalized spacial score (nSPS) is 13.7. The summed E-state index contributed by atoms with van der Waals surface area (Å²) in [6.07, 6.45) is 1.13. The van der Waals surface area contributed by atoms with E-state index in [1.807, 2.05) is 19.9 Å². The lowest BCUT2D eigenvalue weighted by Crippen LogP contribution is -2.41. The molecule has 4 heteroatoms. The largest absolute Gasteiger partial charge is 0.311 e. The molecule has 1 N–H and O–H groups in total. The minimum Gasteiger partial charge on any atom is -0.311 e. The van der Waals surface area contributed by atoms with E-state index in [1.54, 1.807) is 11.8 Å². The van der Waals surface area contributed by atoms with E-state index in [0.29, 0.717) is 5.25 Å². The standard InChI is InChI=1S/C14H25N3S/c1-7-14(5,6)15-9-12(4)18-13-16-10(2)8-11(3)17-13/h8,12,15H,7,9H2,1-6H3. The van der Waals surface area contributed by atoms with Crippen molar-refractivity contribution in [2.24, 2.45) is 0 Å². The van der Waals surface area contributed by atoms with Crippen LogP contribution >= 0.6 is 11.8 Å². The van der Waals surface area contributed by atoms with Gasteiger partial charge in [-0.25, -0.2) is 9.97 Å². The second-order valence-electron chi connectivity index (χ2n) is 5.48. The Labute approximate surface area is 115 Å². The van der Waals surface area contributed by atoms with E-state index >= 15 is 0 Å². The van der Waals surface area contributed by atoms with Crippen LogP contribution < -0.4 is 5.32 Å². The van der Waals surface area contributed by atoms with E-state index in [1.165, 1.54) is 0 Å². The van der Waals surface area contributed by atoms with Crippen LogP contribution in [0.5, 0.6) is 0 Å². The fourth-order valence-corrected chi connectivity index (χ4v) is 2.43. The van der Waals surface area contributed by atoms with E-state index in [0.717, 1.165) is 29.5 Å². The Hall–Kier alpha value is -0.610. The van der Waals surface area contributed by atoms with Crippen molar-refractivity contribution in [3.8, 4) is 0 Å². The number of hydrogen-bond donors (Lipinski definition) is 1. The van der Waals surface area contributed by atoms with Crippen molar-refractivity contribution in [2.45, 2.75) is 63.9 Å². The predicted molar refractivity (Wildman–Crippen MR) is 79.2 cm³/mol. The first kappa shape index (κ1) is 15.4. The highest BCUT2D eigenvalue weighted by molar-refractivity contribution is 7.99. The first-order chi connectivity index (χ1) is 8.32. The fraction of sp³-hybridized carbons (Fsp3) is 0.714. The quantitative estimate of drug-likeness (QED) is 0.633. The molecule has 0 aliphatic carbocycles. The van der Waals surface area contributed by atoms with Crippen LogP contribution in [0.3, 0.4) is 0 Å². The number of rotatable bonds is 6. The Morgan fingerprint density at radius 3 is 2.33 bits per heavy atom. The maximum Gasteiger partial charge on any atom is 0.188 e. The summed E-state index contributed by atoms with van der Waals surface area (Å²) < 4.78 is 0. The molecule has 1 heterocycles. The van der Waals surface area contributed by atoms with Crippen LogP contribution in [0.4, 0.5) is 0 Å². The predicted octanol–water partition coefficient (Wildman–Crippen LogP) is 3.35. The van der Waals surface area contributed by atoms with Crippen molar-refractivity contribution >= 4 is 11.8 Å². The molecule has 0 spiro atoms. The van der Waals surface area contributed by atoms with E-state index < -0.39 is 0 Å². The Balaban J connectivity index is 2.51. The van der Waals surface area contributed by atoms with Crippen LogP contribution in [0.25, 0.3) is 0 Å². The third-order valence-electron chi connectivity index (χ3n) is 3.02. The van der Waals surface area contributed by atoms with Crippen LogP contribution in [0.15, 0.2) is 11.2 Å². The first-order valence-corrected chi connectivity index (χ1v) is 7.44. The zero-order chi connectivity index (χ0) is 13.8. The number of nitrogens with zero attached hydrogens (tertiary/aromatic N) is 2. The molecule has 3 nitrogen and oxygen atoms in total. The zero-order valence-electron chi connectivity index (χ0n) is 12.4. The molecule has 1 atom stereocenters. The van der Waals surface area contributed by atoms with Crippen LogP contribution in [0, 0.1) is 13.8 Å². The summed E-state index contributed by atoms with van der Waals surface area (Å²) in [6.45, 7) is 13.9. The molecule has 102 valence electrons. The molecule has 1 rings (SSSR count). The number of aromatic nitrogens is 2. The highest BCUT2D eigenvalue weighted by Gasteiger charge is 2.16. The van der Waals surface area contributed by atoms with Crippen LogP contribution in [-0.4, -0.2) is 27.3 Å². The second-order valence-corrected chi connectivity index (χ2v) is 6.89. The highest BCUT2D eigenvalue weighted by Crippen LogP contribution is 2.20. The average Bonchev–Trinajstić information content (AvgIpc) is 2.25. The number of thioether (sulfide) groups is 1. The minimum absolute atomic E-state index is 0.207. The van der Waals surface area contributed by atoms with E-state index in [2.05, 4.69) is 43.0 Å². The van der Waals surface area contributed by atoms with Crippen LogP contribution in [0.1, 0.15) is 45.5 Å². The number of aryl methyl sites for hydroxylation is 2. The Bertz CT molecular complexity index is 370. The van der Waals surface area contributed by atoms with Crippen molar-refractivity contribution in [1.82, 2.24) is 15.3 Å². The SMILES string of the molecule is CCC(C)(C)NCC(C)Sc1nc(C)cc(C)n1. The summed E-state index contributed by atoms with van der Waals surface area (Å²) in [4.78, 5) is 8.93. The molecule has 0 radical (unpaired) electrons. The Morgan fingerprint density at radius 1 is 1.28 bits per heavy atom. The molecular formula is C14H25N3S. The van der Waals surface area contributed by atoms with E-state index in [-0.39, 0.29) is 5.54 Å². The summed E-state index contributed by atoms with van der Waals surface area (Å²) in [5.41, 5.74) is 2.29. The maximum atomic E-state index is 4.46. The summed E-state index contributed by atoms with van der Waals surface area (Å²) in [7, 11) is 0. The topological polar surface area (TPSA) is 37.8 Å². The van der Waals surface area contributed by atoms with Crippen LogP contribution in [-0.2, 0) is 0 Å². The van der Waals surface area contributed by atoms with Gasteiger partial charge in [-0.15, -0.1) is 0 Å². The van der Waals surface area contributed by atoms with Crippen molar-refractivity contribution in [1.29, 1.82) is 0 Å². The Kier molecular flexibility index (Phi) is 5.60. The van der Waals surface area contributed by atoms with Crippen molar-refractivity contribution in [3.05, 3.63) is 17.5 Å². The molecule has 0 aromatic carbocycles. The minimum atomic E-state index is 0.207. The molecule has 1 aromatic heterocycles. The van der Waals surface area contributed by atoms with Gasteiger partial charge in [0.1, 0.15) is 0 Å². The lowest BCUT2D eigenvalue weighted by molar-refractivity contribution is 0.379. The monoisotopic (exact) mass is 267 g/mol. The van der Waals surface area contributed by atoms with Crippen molar-refractivity contribution < 1.29 is 0 Å². The van der Waals surface area contributed by atoms with Gasteiger partial charge >= 0.3 is 0 Å². The third kappa shape index (κ3) is 5.36. The molecule has 1 unspecified atom stereocenters. The molecule has 0 fully saturated rings. The van der Waals surface area contributed by atoms with Gasteiger partial charge in [0.15, 0.2) is 5.16 Å². The van der Waals surface area contributed by atoms with Crippen LogP contribution in [0.2, 0.25) is 0 Å². The van der Waals surface area contributed by atoms with Gasteiger partial charge in [0.2, 0.25) is 0 Å². The van der Waals surface area contributed by atoms with E-state index in [9.17, 15) is 0 Å². The molecule has 0 amide bonds. The first-order valence-electron chi connectivity index (χ1n) is 6.56. The third-order valence-corrected chi connectivity index (χ3v) is 3.98. The highest BCUT2D eigenvalue weighted by atomic mass is 32.2. The number of hydrogen-bond acceptors (Lipinski definition) is 4. The summed E-state index contributed by atoms with van der Waals surface area (Å²) >= 11 is 1.74. The molecule has 0 aliphatic rings. The lowest BCUT2D eigenvalue weighted by atomic mass is 10.0. The van der Waals surface area contributed by atoms with Gasteiger partial charge in [-0.05, 0) is 40.2 Å². The van der Waals surface area contributed by atoms with Gasteiger partial charge in [0.25, 0.3) is 0 Å². The fourth-order valence-electron chi connectivity index (χ4n) is 1.51.